The highest BCUT2D eigenvalue weighted by Gasteiger charge is 2.27. The van der Waals surface area contributed by atoms with Crippen LogP contribution < -0.4 is 10.1 Å². The van der Waals surface area contributed by atoms with Crippen molar-refractivity contribution in [3.8, 4) is 5.75 Å². The van der Waals surface area contributed by atoms with E-state index in [0.717, 1.165) is 25.1 Å². The van der Waals surface area contributed by atoms with Gasteiger partial charge in [0.1, 0.15) is 11.4 Å². The molecular weight excluding hydrogens is 198 g/mol. The van der Waals surface area contributed by atoms with Crippen LogP contribution in [-0.4, -0.2) is 12.1 Å². The topological polar surface area (TPSA) is 21.3 Å². The molecule has 3 rings (SSSR count). The van der Waals surface area contributed by atoms with E-state index in [0.29, 0.717) is 6.04 Å². The minimum Gasteiger partial charge on any atom is -0.488 e. The number of benzene rings is 1. The first-order valence-electron chi connectivity index (χ1n) is 6.19. The smallest absolute Gasteiger partial charge is 0.123 e. The third-order valence-electron chi connectivity index (χ3n) is 3.69. The van der Waals surface area contributed by atoms with Gasteiger partial charge in [0.2, 0.25) is 0 Å². The summed E-state index contributed by atoms with van der Waals surface area (Å²) >= 11 is 0. The first-order valence-corrected chi connectivity index (χ1v) is 6.19. The first-order chi connectivity index (χ1) is 7.64. The Labute approximate surface area is 97.0 Å². The second-order valence-corrected chi connectivity index (χ2v) is 5.52. The van der Waals surface area contributed by atoms with E-state index in [-0.39, 0.29) is 5.60 Å². The van der Waals surface area contributed by atoms with Gasteiger partial charge in [0.05, 0.1) is 0 Å². The van der Waals surface area contributed by atoms with Crippen LogP contribution in [0.2, 0.25) is 0 Å². The van der Waals surface area contributed by atoms with E-state index >= 15 is 0 Å². The fourth-order valence-electron chi connectivity index (χ4n) is 2.47. The molecule has 2 aliphatic rings. The minimum atomic E-state index is 0.00321. The monoisotopic (exact) mass is 217 g/mol. The van der Waals surface area contributed by atoms with Crippen molar-refractivity contribution in [2.75, 3.05) is 6.54 Å². The van der Waals surface area contributed by atoms with Crippen LogP contribution in [-0.2, 0) is 6.42 Å². The third kappa shape index (κ3) is 1.71. The van der Waals surface area contributed by atoms with Gasteiger partial charge in [-0.05, 0) is 56.8 Å². The molecule has 0 saturated carbocycles. The van der Waals surface area contributed by atoms with E-state index in [4.69, 9.17) is 4.74 Å². The Morgan fingerprint density at radius 3 is 2.88 bits per heavy atom. The average Bonchev–Trinajstić information content (AvgIpc) is 2.14. The number of rotatable bonds is 1. The predicted octanol–water partition coefficient (Wildman–Crippen LogP) is 2.82. The summed E-state index contributed by atoms with van der Waals surface area (Å²) in [6, 6.07) is 7.25. The molecule has 1 fully saturated rings. The van der Waals surface area contributed by atoms with Crippen LogP contribution in [0.3, 0.4) is 0 Å². The summed E-state index contributed by atoms with van der Waals surface area (Å²) in [5.41, 5.74) is 2.81. The molecule has 1 unspecified atom stereocenters. The van der Waals surface area contributed by atoms with E-state index in [1.165, 1.54) is 17.5 Å². The molecule has 0 aliphatic carbocycles. The Kier molecular flexibility index (Phi) is 2.21. The number of hydrogen-bond acceptors (Lipinski definition) is 2. The molecular formula is C14H19NO. The molecule has 2 heteroatoms. The molecule has 1 atom stereocenters. The largest absolute Gasteiger partial charge is 0.488 e. The Balaban J connectivity index is 1.89. The van der Waals surface area contributed by atoms with Crippen LogP contribution in [0.5, 0.6) is 5.75 Å². The summed E-state index contributed by atoms with van der Waals surface area (Å²) in [5.74, 6) is 1.08. The summed E-state index contributed by atoms with van der Waals surface area (Å²) in [6.07, 6.45) is 3.52. The second kappa shape index (κ2) is 3.49. The van der Waals surface area contributed by atoms with Gasteiger partial charge in [0.25, 0.3) is 0 Å². The van der Waals surface area contributed by atoms with Crippen molar-refractivity contribution in [2.24, 2.45) is 0 Å². The van der Waals surface area contributed by atoms with E-state index in [1.54, 1.807) is 0 Å². The molecule has 1 aromatic rings. The molecule has 0 bridgehead atoms. The van der Waals surface area contributed by atoms with Gasteiger partial charge in [-0.1, -0.05) is 12.1 Å². The van der Waals surface area contributed by atoms with Crippen LogP contribution in [0.25, 0.3) is 0 Å². The Morgan fingerprint density at radius 1 is 1.38 bits per heavy atom. The van der Waals surface area contributed by atoms with Crippen LogP contribution in [0, 0.1) is 0 Å². The zero-order valence-corrected chi connectivity index (χ0v) is 10.0. The highest BCUT2D eigenvalue weighted by atomic mass is 16.5. The highest BCUT2D eigenvalue weighted by molar-refractivity contribution is 5.40. The van der Waals surface area contributed by atoms with Crippen molar-refractivity contribution >= 4 is 0 Å². The quantitative estimate of drug-likeness (QED) is 0.781. The molecule has 0 radical (unpaired) electrons. The van der Waals surface area contributed by atoms with Crippen LogP contribution >= 0.6 is 0 Å². The SMILES string of the molecule is CC1(C)CCc2cc(C3CCN3)ccc2O1. The lowest BCUT2D eigenvalue weighted by Crippen LogP contribution is -2.35. The minimum absolute atomic E-state index is 0.00321. The average molecular weight is 217 g/mol. The van der Waals surface area contributed by atoms with Gasteiger partial charge < -0.3 is 10.1 Å². The van der Waals surface area contributed by atoms with E-state index in [1.807, 2.05) is 0 Å². The van der Waals surface area contributed by atoms with Crippen molar-refractivity contribution < 1.29 is 4.74 Å². The Bertz CT molecular complexity index is 407. The molecule has 2 heterocycles. The summed E-state index contributed by atoms with van der Waals surface area (Å²) < 4.78 is 5.99. The zero-order chi connectivity index (χ0) is 11.2. The van der Waals surface area contributed by atoms with Crippen LogP contribution in [0.1, 0.15) is 43.9 Å². The third-order valence-corrected chi connectivity index (χ3v) is 3.69. The normalized spacial score (nSPS) is 26.5. The maximum absolute atomic E-state index is 5.99. The highest BCUT2D eigenvalue weighted by Crippen LogP contribution is 2.35. The van der Waals surface area contributed by atoms with Crippen molar-refractivity contribution in [3.05, 3.63) is 29.3 Å². The van der Waals surface area contributed by atoms with Gasteiger partial charge in [-0.15, -0.1) is 0 Å². The zero-order valence-electron chi connectivity index (χ0n) is 10.0. The lowest BCUT2D eigenvalue weighted by Gasteiger charge is -2.34. The van der Waals surface area contributed by atoms with Gasteiger partial charge in [0.15, 0.2) is 0 Å². The van der Waals surface area contributed by atoms with Crippen LogP contribution in [0.4, 0.5) is 0 Å². The lowest BCUT2D eigenvalue weighted by molar-refractivity contribution is 0.0846. The number of fused-ring (bicyclic) bond motifs is 1. The molecule has 1 N–H and O–H groups in total. The molecule has 0 aromatic heterocycles. The van der Waals surface area contributed by atoms with Crippen molar-refractivity contribution in [1.82, 2.24) is 5.32 Å². The number of ether oxygens (including phenoxy) is 1. The van der Waals surface area contributed by atoms with E-state index in [9.17, 15) is 0 Å². The lowest BCUT2D eigenvalue weighted by atomic mass is 9.90. The van der Waals surface area contributed by atoms with Crippen molar-refractivity contribution in [3.63, 3.8) is 0 Å². The summed E-state index contributed by atoms with van der Waals surface area (Å²) in [4.78, 5) is 0. The standard InChI is InChI=1S/C14H19NO/c1-14(2)7-5-11-9-10(12-6-8-15-12)3-4-13(11)16-14/h3-4,9,12,15H,5-8H2,1-2H3. The number of aryl methyl sites for hydroxylation is 1. The second-order valence-electron chi connectivity index (χ2n) is 5.52. The van der Waals surface area contributed by atoms with Crippen LogP contribution in [0.15, 0.2) is 18.2 Å². The summed E-state index contributed by atoms with van der Waals surface area (Å²) in [7, 11) is 0. The maximum Gasteiger partial charge on any atom is 0.123 e. The van der Waals surface area contributed by atoms with Gasteiger partial charge >= 0.3 is 0 Å². The summed E-state index contributed by atoms with van der Waals surface area (Å²) in [5, 5.41) is 3.44. The fraction of sp³-hybridized carbons (Fsp3) is 0.571. The molecule has 16 heavy (non-hydrogen) atoms. The Hall–Kier alpha value is -1.02. The predicted molar refractivity (Wildman–Crippen MR) is 64.8 cm³/mol. The van der Waals surface area contributed by atoms with Gasteiger partial charge in [-0.2, -0.15) is 0 Å². The molecule has 0 spiro atoms. The molecule has 0 amide bonds. The number of nitrogens with one attached hydrogen (secondary N) is 1. The molecule has 2 aliphatic heterocycles. The maximum atomic E-state index is 5.99. The molecule has 86 valence electrons. The van der Waals surface area contributed by atoms with Crippen molar-refractivity contribution in [2.45, 2.75) is 44.8 Å². The number of hydrogen-bond donors (Lipinski definition) is 1. The first kappa shape index (κ1) is 10.2. The van der Waals surface area contributed by atoms with Gasteiger partial charge in [0, 0.05) is 6.04 Å². The molecule has 1 aromatic carbocycles. The molecule has 1 saturated heterocycles. The van der Waals surface area contributed by atoms with Crippen molar-refractivity contribution in [1.29, 1.82) is 0 Å². The van der Waals surface area contributed by atoms with Gasteiger partial charge in [-0.3, -0.25) is 0 Å². The van der Waals surface area contributed by atoms with E-state index in [2.05, 4.69) is 37.4 Å². The fourth-order valence-corrected chi connectivity index (χ4v) is 2.47. The molecule has 2 nitrogen and oxygen atoms in total. The Morgan fingerprint density at radius 2 is 2.19 bits per heavy atom. The summed E-state index contributed by atoms with van der Waals surface area (Å²) in [6.45, 7) is 5.49. The van der Waals surface area contributed by atoms with Gasteiger partial charge in [-0.25, -0.2) is 0 Å². The van der Waals surface area contributed by atoms with E-state index < -0.39 is 0 Å².